The molecule has 0 bridgehead atoms. The van der Waals surface area contributed by atoms with Crippen LogP contribution in [0, 0.1) is 19.3 Å². The van der Waals surface area contributed by atoms with Gasteiger partial charge in [0, 0.05) is 27.7 Å². The van der Waals surface area contributed by atoms with Gasteiger partial charge in [0.05, 0.1) is 24.6 Å². The lowest BCUT2D eigenvalue weighted by Gasteiger charge is -2.32. The number of aryl methyl sites for hydroxylation is 2. The van der Waals surface area contributed by atoms with Crippen molar-refractivity contribution in [3.63, 3.8) is 0 Å². The first-order valence-electron chi connectivity index (χ1n) is 12.2. The van der Waals surface area contributed by atoms with Gasteiger partial charge in [-0.25, -0.2) is 9.56 Å². The topological polar surface area (TPSA) is 193 Å². The number of nitrogens with zero attached hydrogens (tertiary/aromatic N) is 3. The van der Waals surface area contributed by atoms with Crippen molar-refractivity contribution in [2.24, 2.45) is 5.73 Å². The summed E-state index contributed by atoms with van der Waals surface area (Å²) in [7, 11) is 1.47. The third-order valence-electron chi connectivity index (χ3n) is 5.86. The van der Waals surface area contributed by atoms with Crippen molar-refractivity contribution in [1.82, 2.24) is 9.55 Å². The molecular weight excluding hydrogens is 526 g/mol. The molecule has 0 aliphatic rings. The maximum atomic E-state index is 13.8. The molecule has 1 aromatic heterocycles. The summed E-state index contributed by atoms with van der Waals surface area (Å²) >= 11 is 0. The van der Waals surface area contributed by atoms with Crippen molar-refractivity contribution >= 4 is 47.1 Å². The van der Waals surface area contributed by atoms with Crippen molar-refractivity contribution in [3.05, 3.63) is 39.3 Å². The van der Waals surface area contributed by atoms with Gasteiger partial charge in [-0.2, -0.15) is 5.41 Å². The number of nitrogens with one attached hydrogen (secondary N) is 1. The molecule has 0 aliphatic carbocycles. The molecule has 0 radical (unpaired) electrons. The van der Waals surface area contributed by atoms with E-state index < -0.39 is 60.9 Å². The van der Waals surface area contributed by atoms with Crippen LogP contribution in [0.5, 0.6) is 0 Å². The Kier molecular flexibility index (Phi) is 10.6. The first kappa shape index (κ1) is 31.6. The number of benzene rings is 1. The second-order valence-electron chi connectivity index (χ2n) is 9.10. The largest absolute Gasteiger partial charge is 0.462 e. The summed E-state index contributed by atoms with van der Waals surface area (Å²) in [5.41, 5.74) is 7.71. The Bertz CT molecular complexity index is 1430. The molecule has 0 saturated carbocycles. The van der Waals surface area contributed by atoms with E-state index in [0.717, 1.165) is 45.2 Å². The van der Waals surface area contributed by atoms with Crippen LogP contribution in [0.25, 0.3) is 11.0 Å². The molecule has 14 heteroatoms. The molecule has 1 aromatic carbocycles. The minimum absolute atomic E-state index is 0.109. The summed E-state index contributed by atoms with van der Waals surface area (Å²) in [5, 5.41) is 7.50. The number of fused-ring (bicyclic) bond motifs is 1. The standard InChI is InChI=1S/C26H33N5O9/c1-13-8-19-20(9-14(13)2)31(26(36)23(29-19)25(28)30(7)12-27)10-21(38-16(4)33)24(40-18(6)35)22(39-17(5)34)11-37-15(3)32/h8-9,12,21-22,24,27-28H,10-11H2,1-7H3/p+1/t21-,22+,24-/m0/s1. The van der Waals surface area contributed by atoms with Gasteiger partial charge in [0.2, 0.25) is 12.0 Å². The normalized spacial score (nSPS) is 13.9. The molecule has 2 aromatic rings. The van der Waals surface area contributed by atoms with Crippen LogP contribution in [0.1, 0.15) is 44.5 Å². The molecule has 2 rings (SSSR count). The van der Waals surface area contributed by atoms with Gasteiger partial charge >= 0.3 is 23.9 Å². The lowest BCUT2D eigenvalue weighted by molar-refractivity contribution is -0.362. The van der Waals surface area contributed by atoms with Gasteiger partial charge in [0.15, 0.2) is 18.3 Å². The van der Waals surface area contributed by atoms with E-state index in [1.54, 1.807) is 12.1 Å². The Morgan fingerprint density at radius 3 is 2.05 bits per heavy atom. The smallest absolute Gasteiger partial charge is 0.303 e. The molecular formula is C26H34N5O9+. The second kappa shape index (κ2) is 13.4. The van der Waals surface area contributed by atoms with E-state index in [2.05, 4.69) is 4.98 Å². The highest BCUT2D eigenvalue weighted by Gasteiger charge is 2.39. The number of carbonyl (C=O) groups is 4. The van der Waals surface area contributed by atoms with Gasteiger partial charge in [0.25, 0.3) is 11.4 Å². The van der Waals surface area contributed by atoms with Gasteiger partial charge in [0.1, 0.15) is 6.61 Å². The Morgan fingerprint density at radius 2 is 1.52 bits per heavy atom. The van der Waals surface area contributed by atoms with Crippen LogP contribution in [0.4, 0.5) is 0 Å². The first-order chi connectivity index (χ1) is 18.7. The van der Waals surface area contributed by atoms with Crippen molar-refractivity contribution in [2.45, 2.75) is 66.4 Å². The highest BCUT2D eigenvalue weighted by Crippen LogP contribution is 2.21. The maximum absolute atomic E-state index is 13.8. The monoisotopic (exact) mass is 560 g/mol. The van der Waals surface area contributed by atoms with E-state index in [1.807, 2.05) is 13.8 Å². The Morgan fingerprint density at radius 1 is 0.975 bits per heavy atom. The van der Waals surface area contributed by atoms with E-state index in [4.69, 9.17) is 30.1 Å². The first-order valence-corrected chi connectivity index (χ1v) is 12.2. The highest BCUT2D eigenvalue weighted by molar-refractivity contribution is 5.94. The average molecular weight is 561 g/mol. The maximum Gasteiger partial charge on any atom is 0.303 e. The van der Waals surface area contributed by atoms with Gasteiger partial charge in [-0.15, -0.1) is 0 Å². The van der Waals surface area contributed by atoms with Crippen LogP contribution in [0.15, 0.2) is 16.9 Å². The molecule has 14 nitrogen and oxygen atoms in total. The van der Waals surface area contributed by atoms with Crippen LogP contribution in [0.3, 0.4) is 0 Å². The SMILES string of the molecule is CC(=O)OC[C@@H](OC(C)=O)[C@@H](OC(C)=O)[C@H](Cn1c(=O)c(C(N)=[N+](C)C=N)nc2cc(C)c(C)cc21)OC(C)=O. The summed E-state index contributed by atoms with van der Waals surface area (Å²) in [5.74, 6) is -3.19. The number of rotatable bonds is 11. The highest BCUT2D eigenvalue weighted by atomic mass is 16.6. The van der Waals surface area contributed by atoms with E-state index in [0.29, 0.717) is 11.0 Å². The molecule has 40 heavy (non-hydrogen) atoms. The van der Waals surface area contributed by atoms with E-state index in [1.165, 1.54) is 16.2 Å². The molecule has 0 amide bonds. The number of esters is 4. The third kappa shape index (κ3) is 7.94. The molecule has 216 valence electrons. The van der Waals surface area contributed by atoms with Crippen molar-refractivity contribution in [1.29, 1.82) is 5.41 Å². The molecule has 0 unspecified atom stereocenters. The number of amidine groups is 1. The van der Waals surface area contributed by atoms with E-state index >= 15 is 0 Å². The lowest BCUT2D eigenvalue weighted by atomic mass is 10.1. The Labute approximate surface area is 230 Å². The van der Waals surface area contributed by atoms with E-state index in [9.17, 15) is 24.0 Å². The lowest BCUT2D eigenvalue weighted by Crippen LogP contribution is -2.50. The molecule has 1 heterocycles. The fourth-order valence-corrected chi connectivity index (χ4v) is 3.87. The molecule has 0 saturated heterocycles. The van der Waals surface area contributed by atoms with Crippen LogP contribution < -0.4 is 11.3 Å². The zero-order chi connectivity index (χ0) is 30.3. The van der Waals surface area contributed by atoms with Gasteiger partial charge < -0.3 is 29.2 Å². The number of hydrogen-bond acceptors (Lipinski definition) is 11. The van der Waals surface area contributed by atoms with Gasteiger partial charge in [-0.05, 0) is 37.1 Å². The Balaban J connectivity index is 2.85. The van der Waals surface area contributed by atoms with Crippen molar-refractivity contribution in [2.75, 3.05) is 13.7 Å². The van der Waals surface area contributed by atoms with Crippen LogP contribution in [0.2, 0.25) is 0 Å². The van der Waals surface area contributed by atoms with Gasteiger partial charge in [-0.1, -0.05) is 0 Å². The summed E-state index contributed by atoms with van der Waals surface area (Å²) in [4.78, 5) is 65.9. The third-order valence-corrected chi connectivity index (χ3v) is 5.86. The van der Waals surface area contributed by atoms with Crippen molar-refractivity contribution < 1.29 is 42.7 Å². The number of hydrogen-bond donors (Lipinski definition) is 2. The minimum Gasteiger partial charge on any atom is -0.462 e. The second-order valence-corrected chi connectivity index (χ2v) is 9.10. The van der Waals surface area contributed by atoms with Crippen LogP contribution in [-0.2, 0) is 44.7 Å². The van der Waals surface area contributed by atoms with Crippen LogP contribution in [-0.4, -0.2) is 82.1 Å². The quantitative estimate of drug-likeness (QED) is 0.126. The summed E-state index contributed by atoms with van der Waals surface area (Å²) in [6, 6.07) is 3.46. The predicted molar refractivity (Wildman–Crippen MR) is 142 cm³/mol. The molecule has 3 atom stereocenters. The van der Waals surface area contributed by atoms with Gasteiger partial charge in [-0.3, -0.25) is 24.0 Å². The van der Waals surface area contributed by atoms with E-state index in [-0.39, 0.29) is 11.5 Å². The minimum atomic E-state index is -1.49. The number of ether oxygens (including phenoxy) is 4. The zero-order valence-electron chi connectivity index (χ0n) is 23.5. The molecule has 0 spiro atoms. The molecule has 0 aliphatic heterocycles. The molecule has 3 N–H and O–H groups in total. The fourth-order valence-electron chi connectivity index (χ4n) is 3.87. The average Bonchev–Trinajstić information content (AvgIpc) is 2.85. The number of nitrogens with two attached hydrogens (primary N) is 1. The summed E-state index contributed by atoms with van der Waals surface area (Å²) in [6.45, 7) is 7.22. The number of aromatic nitrogens is 2. The number of carbonyl (C=O) groups excluding carboxylic acids is 4. The molecule has 0 fully saturated rings. The summed E-state index contributed by atoms with van der Waals surface area (Å²) < 4.78 is 23.7. The fraction of sp³-hybridized carbons (Fsp3) is 0.462. The van der Waals surface area contributed by atoms with Crippen molar-refractivity contribution in [3.8, 4) is 0 Å². The Hall–Kier alpha value is -4.62. The predicted octanol–water partition coefficient (Wildman–Crippen LogP) is 0.326. The van der Waals surface area contributed by atoms with Crippen LogP contribution >= 0.6 is 0 Å². The summed E-state index contributed by atoms with van der Waals surface area (Å²) in [6.07, 6.45) is -3.37. The zero-order valence-corrected chi connectivity index (χ0v) is 23.5.